The number of nitrogens with zero attached hydrogens (tertiary/aromatic N) is 1. The zero-order valence-electron chi connectivity index (χ0n) is 10.8. The molecule has 17 heavy (non-hydrogen) atoms. The lowest BCUT2D eigenvalue weighted by atomic mass is 10.0. The number of likely N-dealkylation sites (tertiary alicyclic amines) is 1. The van der Waals surface area contributed by atoms with E-state index in [0.29, 0.717) is 25.4 Å². The van der Waals surface area contributed by atoms with Gasteiger partial charge >= 0.3 is 0 Å². The van der Waals surface area contributed by atoms with Crippen molar-refractivity contribution in [2.75, 3.05) is 39.4 Å². The van der Waals surface area contributed by atoms with Crippen molar-refractivity contribution >= 4 is 0 Å². The summed E-state index contributed by atoms with van der Waals surface area (Å²) in [5.74, 6) is 0. The summed E-state index contributed by atoms with van der Waals surface area (Å²) >= 11 is 0. The van der Waals surface area contributed by atoms with Crippen LogP contribution in [0.1, 0.15) is 32.1 Å². The van der Waals surface area contributed by atoms with E-state index < -0.39 is 0 Å². The molecule has 2 aliphatic rings. The van der Waals surface area contributed by atoms with Crippen LogP contribution in [-0.2, 0) is 9.47 Å². The van der Waals surface area contributed by atoms with Crippen LogP contribution in [0.15, 0.2) is 0 Å². The molecule has 0 aliphatic carbocycles. The SMILES string of the molecule is NCCOC1CCN(CC2CCCCO2)CC1. The number of piperidine rings is 1. The monoisotopic (exact) mass is 242 g/mol. The quantitative estimate of drug-likeness (QED) is 0.781. The average molecular weight is 242 g/mol. The molecule has 2 heterocycles. The molecule has 0 aromatic rings. The van der Waals surface area contributed by atoms with Crippen molar-refractivity contribution in [3.63, 3.8) is 0 Å². The van der Waals surface area contributed by atoms with Gasteiger partial charge in [0.1, 0.15) is 0 Å². The first-order chi connectivity index (χ1) is 8.38. The van der Waals surface area contributed by atoms with E-state index in [1.54, 1.807) is 0 Å². The van der Waals surface area contributed by atoms with Crippen molar-refractivity contribution in [2.45, 2.75) is 44.3 Å². The fraction of sp³-hybridized carbons (Fsp3) is 1.00. The van der Waals surface area contributed by atoms with Gasteiger partial charge in [-0.25, -0.2) is 0 Å². The third-order valence-corrected chi connectivity index (χ3v) is 3.74. The molecule has 0 aromatic carbocycles. The van der Waals surface area contributed by atoms with Gasteiger partial charge in [-0.05, 0) is 32.1 Å². The molecule has 2 saturated heterocycles. The predicted molar refractivity (Wildman–Crippen MR) is 68.1 cm³/mol. The lowest BCUT2D eigenvalue weighted by Crippen LogP contribution is -2.42. The van der Waals surface area contributed by atoms with Crippen molar-refractivity contribution in [3.8, 4) is 0 Å². The molecule has 2 aliphatic heterocycles. The molecule has 0 radical (unpaired) electrons. The van der Waals surface area contributed by atoms with Crippen LogP contribution in [0, 0.1) is 0 Å². The van der Waals surface area contributed by atoms with E-state index >= 15 is 0 Å². The molecule has 2 N–H and O–H groups in total. The summed E-state index contributed by atoms with van der Waals surface area (Å²) in [5, 5.41) is 0. The Labute approximate surface area is 104 Å². The van der Waals surface area contributed by atoms with Crippen LogP contribution in [0.25, 0.3) is 0 Å². The molecular weight excluding hydrogens is 216 g/mol. The Hall–Kier alpha value is -0.160. The second kappa shape index (κ2) is 7.31. The van der Waals surface area contributed by atoms with Gasteiger partial charge in [0.15, 0.2) is 0 Å². The Bertz CT molecular complexity index is 200. The second-order valence-electron chi connectivity index (χ2n) is 5.15. The number of hydrogen-bond donors (Lipinski definition) is 1. The number of ether oxygens (including phenoxy) is 2. The van der Waals surface area contributed by atoms with E-state index in [0.717, 1.165) is 39.1 Å². The molecule has 4 heteroatoms. The molecule has 0 spiro atoms. The highest BCUT2D eigenvalue weighted by Gasteiger charge is 2.23. The van der Waals surface area contributed by atoms with Crippen LogP contribution in [0.2, 0.25) is 0 Å². The standard InChI is InChI=1S/C13H26N2O2/c14-6-10-17-12-4-7-15(8-5-12)11-13-3-1-2-9-16-13/h12-13H,1-11,14H2. The Morgan fingerprint density at radius 3 is 2.65 bits per heavy atom. The van der Waals surface area contributed by atoms with Crippen molar-refractivity contribution in [1.82, 2.24) is 4.90 Å². The minimum atomic E-state index is 0.432. The van der Waals surface area contributed by atoms with Crippen LogP contribution >= 0.6 is 0 Å². The van der Waals surface area contributed by atoms with Crippen molar-refractivity contribution < 1.29 is 9.47 Å². The first-order valence-corrected chi connectivity index (χ1v) is 7.04. The fourth-order valence-corrected chi connectivity index (χ4v) is 2.73. The van der Waals surface area contributed by atoms with Crippen molar-refractivity contribution in [3.05, 3.63) is 0 Å². The predicted octanol–water partition coefficient (Wildman–Crippen LogP) is 0.995. The van der Waals surface area contributed by atoms with Gasteiger partial charge in [-0.15, -0.1) is 0 Å². The molecule has 0 saturated carbocycles. The van der Waals surface area contributed by atoms with Crippen LogP contribution in [0.3, 0.4) is 0 Å². The molecule has 4 nitrogen and oxygen atoms in total. The summed E-state index contributed by atoms with van der Waals surface area (Å²) in [6.45, 7) is 5.71. The first-order valence-electron chi connectivity index (χ1n) is 7.04. The molecule has 2 rings (SSSR count). The molecular formula is C13H26N2O2. The van der Waals surface area contributed by atoms with E-state index in [1.807, 2.05) is 0 Å². The second-order valence-corrected chi connectivity index (χ2v) is 5.15. The van der Waals surface area contributed by atoms with E-state index in [9.17, 15) is 0 Å². The topological polar surface area (TPSA) is 47.7 Å². The minimum Gasteiger partial charge on any atom is -0.377 e. The highest BCUT2D eigenvalue weighted by Crippen LogP contribution is 2.18. The maximum Gasteiger partial charge on any atom is 0.0702 e. The first kappa shape index (κ1) is 13.3. The maximum atomic E-state index is 5.78. The summed E-state index contributed by atoms with van der Waals surface area (Å²) in [6, 6.07) is 0. The van der Waals surface area contributed by atoms with Crippen LogP contribution in [0.4, 0.5) is 0 Å². The maximum absolute atomic E-state index is 5.78. The van der Waals surface area contributed by atoms with Gasteiger partial charge in [-0.2, -0.15) is 0 Å². The van der Waals surface area contributed by atoms with Gasteiger partial charge in [0.2, 0.25) is 0 Å². The van der Waals surface area contributed by atoms with Crippen molar-refractivity contribution in [1.29, 1.82) is 0 Å². The molecule has 100 valence electrons. The Morgan fingerprint density at radius 2 is 2.00 bits per heavy atom. The molecule has 2 fully saturated rings. The number of hydrogen-bond acceptors (Lipinski definition) is 4. The lowest BCUT2D eigenvalue weighted by molar-refractivity contribution is -0.0291. The lowest BCUT2D eigenvalue weighted by Gasteiger charge is -2.35. The zero-order valence-corrected chi connectivity index (χ0v) is 10.8. The number of rotatable bonds is 5. The normalized spacial score (nSPS) is 28.4. The van der Waals surface area contributed by atoms with Gasteiger partial charge in [-0.3, -0.25) is 0 Å². The van der Waals surface area contributed by atoms with Crippen molar-refractivity contribution in [2.24, 2.45) is 5.73 Å². The Morgan fingerprint density at radius 1 is 1.18 bits per heavy atom. The summed E-state index contributed by atoms with van der Waals surface area (Å²) in [7, 11) is 0. The fourth-order valence-electron chi connectivity index (χ4n) is 2.73. The average Bonchev–Trinajstić information content (AvgIpc) is 2.39. The van der Waals surface area contributed by atoms with Crippen LogP contribution in [-0.4, -0.2) is 56.5 Å². The molecule has 1 unspecified atom stereocenters. The van der Waals surface area contributed by atoms with Gasteiger partial charge in [0, 0.05) is 32.8 Å². The third-order valence-electron chi connectivity index (χ3n) is 3.74. The highest BCUT2D eigenvalue weighted by atomic mass is 16.5. The van der Waals surface area contributed by atoms with Gasteiger partial charge in [0.05, 0.1) is 18.8 Å². The largest absolute Gasteiger partial charge is 0.377 e. The smallest absolute Gasteiger partial charge is 0.0702 e. The zero-order chi connectivity index (χ0) is 11.9. The minimum absolute atomic E-state index is 0.432. The van der Waals surface area contributed by atoms with E-state index in [4.69, 9.17) is 15.2 Å². The van der Waals surface area contributed by atoms with Crippen LogP contribution < -0.4 is 5.73 Å². The van der Waals surface area contributed by atoms with E-state index in [1.165, 1.54) is 19.3 Å². The summed E-state index contributed by atoms with van der Waals surface area (Å²) < 4.78 is 11.5. The molecule has 0 amide bonds. The van der Waals surface area contributed by atoms with Gasteiger partial charge in [0.25, 0.3) is 0 Å². The van der Waals surface area contributed by atoms with Gasteiger partial charge < -0.3 is 20.1 Å². The summed E-state index contributed by atoms with van der Waals surface area (Å²) in [4.78, 5) is 2.53. The Kier molecular flexibility index (Phi) is 5.71. The molecule has 1 atom stereocenters. The van der Waals surface area contributed by atoms with E-state index in [2.05, 4.69) is 4.90 Å². The third kappa shape index (κ3) is 4.54. The van der Waals surface area contributed by atoms with Crippen LogP contribution in [0.5, 0.6) is 0 Å². The number of nitrogens with two attached hydrogens (primary N) is 1. The molecule has 0 aromatic heterocycles. The van der Waals surface area contributed by atoms with Gasteiger partial charge in [-0.1, -0.05) is 0 Å². The molecule has 0 bridgehead atoms. The Balaban J connectivity index is 1.61. The summed E-state index contributed by atoms with van der Waals surface area (Å²) in [6.07, 6.45) is 7.02. The van der Waals surface area contributed by atoms with E-state index in [-0.39, 0.29) is 0 Å². The highest BCUT2D eigenvalue weighted by molar-refractivity contribution is 4.76. The summed E-state index contributed by atoms with van der Waals surface area (Å²) in [5.41, 5.74) is 5.44.